The van der Waals surface area contributed by atoms with E-state index in [9.17, 15) is 9.18 Å². The first-order valence-electron chi connectivity index (χ1n) is 5.43. The molecular weight excluding hydrogens is 221 g/mol. The maximum absolute atomic E-state index is 13.1. The van der Waals surface area contributed by atoms with Crippen molar-refractivity contribution in [3.63, 3.8) is 0 Å². The summed E-state index contributed by atoms with van der Waals surface area (Å²) in [5.74, 6) is -0.534. The number of methoxy groups -OCH3 is 1. The van der Waals surface area contributed by atoms with Crippen LogP contribution in [-0.4, -0.2) is 25.2 Å². The SMILES string of the molecule is COCC(C)(C)NC(=O)c1ccc(F)c(C)c1. The van der Waals surface area contributed by atoms with E-state index in [4.69, 9.17) is 4.74 Å². The second-order valence-electron chi connectivity index (χ2n) is 4.73. The van der Waals surface area contributed by atoms with E-state index in [2.05, 4.69) is 5.32 Å². The van der Waals surface area contributed by atoms with E-state index in [0.29, 0.717) is 17.7 Å². The number of hydrogen-bond donors (Lipinski definition) is 1. The number of aryl methyl sites for hydroxylation is 1. The van der Waals surface area contributed by atoms with E-state index in [1.165, 1.54) is 18.2 Å². The Morgan fingerprint density at radius 2 is 2.12 bits per heavy atom. The van der Waals surface area contributed by atoms with Crippen LogP contribution in [0, 0.1) is 12.7 Å². The van der Waals surface area contributed by atoms with E-state index >= 15 is 0 Å². The molecule has 0 aliphatic rings. The molecule has 1 N–H and O–H groups in total. The van der Waals surface area contributed by atoms with Crippen LogP contribution in [0.2, 0.25) is 0 Å². The summed E-state index contributed by atoms with van der Waals surface area (Å²) in [5, 5.41) is 2.83. The number of benzene rings is 1. The fourth-order valence-electron chi connectivity index (χ4n) is 1.56. The number of ether oxygens (including phenoxy) is 1. The van der Waals surface area contributed by atoms with Gasteiger partial charge in [0, 0.05) is 12.7 Å². The standard InChI is InChI=1S/C13H18FNO2/c1-9-7-10(5-6-11(9)14)12(16)15-13(2,3)8-17-4/h5-7H,8H2,1-4H3,(H,15,16). The average Bonchev–Trinajstić information content (AvgIpc) is 2.21. The normalized spacial score (nSPS) is 11.4. The molecule has 1 aromatic carbocycles. The molecule has 0 saturated carbocycles. The molecular formula is C13H18FNO2. The first-order chi connectivity index (χ1) is 7.85. The van der Waals surface area contributed by atoms with Crippen LogP contribution >= 0.6 is 0 Å². The van der Waals surface area contributed by atoms with Crippen molar-refractivity contribution in [1.29, 1.82) is 0 Å². The molecule has 0 bridgehead atoms. The summed E-state index contributed by atoms with van der Waals surface area (Å²) in [4.78, 5) is 11.9. The minimum Gasteiger partial charge on any atom is -0.382 e. The maximum Gasteiger partial charge on any atom is 0.251 e. The summed E-state index contributed by atoms with van der Waals surface area (Å²) in [5.41, 5.74) is 0.462. The van der Waals surface area contributed by atoms with Gasteiger partial charge in [-0.15, -0.1) is 0 Å². The number of halogens is 1. The van der Waals surface area contributed by atoms with E-state index in [1.807, 2.05) is 13.8 Å². The van der Waals surface area contributed by atoms with E-state index in [0.717, 1.165) is 0 Å². The van der Waals surface area contributed by atoms with Crippen LogP contribution in [0.25, 0.3) is 0 Å². The summed E-state index contributed by atoms with van der Waals surface area (Å²) in [7, 11) is 1.58. The number of carbonyl (C=O) groups is 1. The number of carbonyl (C=O) groups excluding carboxylic acids is 1. The molecule has 0 heterocycles. The third-order valence-electron chi connectivity index (χ3n) is 2.38. The fraction of sp³-hybridized carbons (Fsp3) is 0.462. The molecule has 0 radical (unpaired) electrons. The van der Waals surface area contributed by atoms with Crippen LogP contribution in [0.15, 0.2) is 18.2 Å². The quantitative estimate of drug-likeness (QED) is 0.875. The second kappa shape index (κ2) is 5.27. The van der Waals surface area contributed by atoms with Gasteiger partial charge in [-0.3, -0.25) is 4.79 Å². The molecule has 0 fully saturated rings. The minimum atomic E-state index is -0.450. The van der Waals surface area contributed by atoms with Gasteiger partial charge in [0.1, 0.15) is 5.82 Å². The zero-order valence-corrected chi connectivity index (χ0v) is 10.6. The predicted molar refractivity (Wildman–Crippen MR) is 64.6 cm³/mol. The highest BCUT2D eigenvalue weighted by Crippen LogP contribution is 2.11. The number of nitrogens with one attached hydrogen (secondary N) is 1. The molecule has 1 amide bonds. The third kappa shape index (κ3) is 3.82. The molecule has 17 heavy (non-hydrogen) atoms. The van der Waals surface area contributed by atoms with Gasteiger partial charge in [-0.05, 0) is 44.5 Å². The van der Waals surface area contributed by atoms with Gasteiger partial charge in [0.05, 0.1) is 12.1 Å². The number of rotatable bonds is 4. The zero-order valence-electron chi connectivity index (χ0n) is 10.6. The Morgan fingerprint density at radius 1 is 1.47 bits per heavy atom. The molecule has 94 valence electrons. The van der Waals surface area contributed by atoms with Crippen molar-refractivity contribution < 1.29 is 13.9 Å². The fourth-order valence-corrected chi connectivity index (χ4v) is 1.56. The Hall–Kier alpha value is -1.42. The first-order valence-corrected chi connectivity index (χ1v) is 5.43. The minimum absolute atomic E-state index is 0.227. The molecule has 0 unspecified atom stereocenters. The smallest absolute Gasteiger partial charge is 0.251 e. The summed E-state index contributed by atoms with van der Waals surface area (Å²) >= 11 is 0. The third-order valence-corrected chi connectivity index (χ3v) is 2.38. The Morgan fingerprint density at radius 3 is 2.65 bits per heavy atom. The average molecular weight is 239 g/mol. The van der Waals surface area contributed by atoms with Gasteiger partial charge in [0.2, 0.25) is 0 Å². The Bertz CT molecular complexity index is 416. The summed E-state index contributed by atoms with van der Waals surface area (Å²) in [6.45, 7) is 5.78. The lowest BCUT2D eigenvalue weighted by atomic mass is 10.1. The Kier molecular flexibility index (Phi) is 4.23. The van der Waals surface area contributed by atoms with Crippen molar-refractivity contribution in [3.05, 3.63) is 35.1 Å². The summed E-state index contributed by atoms with van der Waals surface area (Å²) in [6, 6.07) is 4.31. The van der Waals surface area contributed by atoms with Gasteiger partial charge in [0.15, 0.2) is 0 Å². The molecule has 1 aromatic rings. The van der Waals surface area contributed by atoms with Crippen LogP contribution in [0.5, 0.6) is 0 Å². The van der Waals surface area contributed by atoms with Crippen molar-refractivity contribution in [1.82, 2.24) is 5.32 Å². The van der Waals surface area contributed by atoms with Gasteiger partial charge < -0.3 is 10.1 Å². The van der Waals surface area contributed by atoms with Crippen LogP contribution in [0.1, 0.15) is 29.8 Å². The topological polar surface area (TPSA) is 38.3 Å². The highest BCUT2D eigenvalue weighted by Gasteiger charge is 2.21. The van der Waals surface area contributed by atoms with E-state index in [1.54, 1.807) is 14.0 Å². The van der Waals surface area contributed by atoms with Crippen molar-refractivity contribution in [2.24, 2.45) is 0 Å². The lowest BCUT2D eigenvalue weighted by Crippen LogP contribution is -2.46. The molecule has 0 saturated heterocycles. The van der Waals surface area contributed by atoms with E-state index < -0.39 is 5.54 Å². The highest BCUT2D eigenvalue weighted by atomic mass is 19.1. The molecule has 1 rings (SSSR count). The Balaban J connectivity index is 2.80. The Labute approximate surface area is 101 Å². The molecule has 0 aromatic heterocycles. The van der Waals surface area contributed by atoms with Crippen LogP contribution in [0.3, 0.4) is 0 Å². The van der Waals surface area contributed by atoms with Crippen molar-refractivity contribution in [2.45, 2.75) is 26.3 Å². The van der Waals surface area contributed by atoms with Crippen molar-refractivity contribution >= 4 is 5.91 Å². The summed E-state index contributed by atoms with van der Waals surface area (Å²) < 4.78 is 18.1. The predicted octanol–water partition coefficient (Wildman–Crippen LogP) is 2.29. The van der Waals surface area contributed by atoms with Gasteiger partial charge in [-0.25, -0.2) is 4.39 Å². The monoisotopic (exact) mass is 239 g/mol. The molecule has 0 atom stereocenters. The summed E-state index contributed by atoms with van der Waals surface area (Å²) in [6.07, 6.45) is 0. The first kappa shape index (κ1) is 13.6. The van der Waals surface area contributed by atoms with Crippen LogP contribution < -0.4 is 5.32 Å². The van der Waals surface area contributed by atoms with E-state index in [-0.39, 0.29) is 11.7 Å². The van der Waals surface area contributed by atoms with Crippen molar-refractivity contribution in [2.75, 3.05) is 13.7 Å². The molecule has 0 aliphatic heterocycles. The van der Waals surface area contributed by atoms with Gasteiger partial charge in [0.25, 0.3) is 5.91 Å². The number of amides is 1. The van der Waals surface area contributed by atoms with Gasteiger partial charge in [-0.1, -0.05) is 0 Å². The second-order valence-corrected chi connectivity index (χ2v) is 4.73. The van der Waals surface area contributed by atoms with Gasteiger partial charge >= 0.3 is 0 Å². The molecule has 0 spiro atoms. The van der Waals surface area contributed by atoms with Gasteiger partial charge in [-0.2, -0.15) is 0 Å². The van der Waals surface area contributed by atoms with Crippen LogP contribution in [0.4, 0.5) is 4.39 Å². The zero-order chi connectivity index (χ0) is 13.1. The molecule has 0 aliphatic carbocycles. The van der Waals surface area contributed by atoms with Crippen LogP contribution in [-0.2, 0) is 4.74 Å². The maximum atomic E-state index is 13.1. The largest absolute Gasteiger partial charge is 0.382 e. The lowest BCUT2D eigenvalue weighted by Gasteiger charge is -2.25. The number of hydrogen-bond acceptors (Lipinski definition) is 2. The lowest BCUT2D eigenvalue weighted by molar-refractivity contribution is 0.0820. The molecule has 4 heteroatoms. The molecule has 3 nitrogen and oxygen atoms in total. The van der Waals surface area contributed by atoms with Crippen molar-refractivity contribution in [3.8, 4) is 0 Å². The highest BCUT2D eigenvalue weighted by molar-refractivity contribution is 5.94.